The number of hydrogen-bond acceptors (Lipinski definition) is 10. The molecule has 6 rings (SSSR count). The van der Waals surface area contributed by atoms with Crippen molar-refractivity contribution in [2.24, 2.45) is 11.3 Å². The normalized spacial score (nSPS) is 15.2. The van der Waals surface area contributed by atoms with Crippen molar-refractivity contribution in [1.82, 2.24) is 19.9 Å². The van der Waals surface area contributed by atoms with Crippen LogP contribution in [0.1, 0.15) is 59.1 Å². The molecule has 2 aliphatic heterocycles. The molecule has 0 bridgehead atoms. The smallest absolute Gasteiger partial charge is 0.222 e. The minimum absolute atomic E-state index is 0.0444. The van der Waals surface area contributed by atoms with Gasteiger partial charge < -0.3 is 20.4 Å². The molecule has 2 aromatic carbocycles. The Morgan fingerprint density at radius 2 is 1.43 bits per heavy atom. The summed E-state index contributed by atoms with van der Waals surface area (Å²) >= 11 is 17.1. The van der Waals surface area contributed by atoms with Crippen LogP contribution in [0.3, 0.4) is 0 Å². The van der Waals surface area contributed by atoms with E-state index in [1.807, 2.05) is 0 Å². The van der Waals surface area contributed by atoms with Crippen molar-refractivity contribution in [2.45, 2.75) is 58.8 Å². The quantitative estimate of drug-likeness (QED) is 0.0873. The number of fused-ring (bicyclic) bond motifs is 2. The van der Waals surface area contributed by atoms with Crippen molar-refractivity contribution < 1.29 is 4.84 Å². The van der Waals surface area contributed by atoms with Crippen molar-refractivity contribution in [3.05, 3.63) is 88.3 Å². The Morgan fingerprint density at radius 1 is 0.894 bits per heavy atom. The highest BCUT2D eigenvalue weighted by Crippen LogP contribution is 2.47. The lowest BCUT2D eigenvalue weighted by atomic mass is 9.87. The van der Waals surface area contributed by atoms with Crippen LogP contribution >= 0.6 is 68.4 Å². The average Bonchev–Trinajstić information content (AvgIpc) is 3.42. The van der Waals surface area contributed by atoms with E-state index in [1.54, 1.807) is 18.7 Å². The number of hydrogen-bond donors (Lipinski definition) is 1. The van der Waals surface area contributed by atoms with Gasteiger partial charge in [-0.25, -0.2) is 15.0 Å². The van der Waals surface area contributed by atoms with Gasteiger partial charge in [0.15, 0.2) is 17.0 Å². The van der Waals surface area contributed by atoms with Crippen molar-refractivity contribution in [3.63, 3.8) is 0 Å². The first-order valence-electron chi connectivity index (χ1n) is 15.0. The summed E-state index contributed by atoms with van der Waals surface area (Å²) in [5.74, 6) is 2.27. The molecule has 0 atom stereocenters. The van der Waals surface area contributed by atoms with Crippen LogP contribution in [0, 0.1) is 18.0 Å². The van der Waals surface area contributed by atoms with E-state index in [4.69, 9.17) is 28.9 Å². The van der Waals surface area contributed by atoms with E-state index < -0.39 is 0 Å². The molecule has 250 valence electrons. The van der Waals surface area contributed by atoms with Crippen molar-refractivity contribution in [2.75, 3.05) is 35.2 Å². The van der Waals surface area contributed by atoms with E-state index in [9.17, 15) is 4.91 Å². The minimum Gasteiger partial charge on any atom is -0.368 e. The zero-order valence-electron chi connectivity index (χ0n) is 27.1. The Hall–Kier alpha value is -2.56. The van der Waals surface area contributed by atoms with Crippen molar-refractivity contribution in [3.8, 4) is 0 Å². The maximum atomic E-state index is 9.31. The SMILES string of the molecule is CC(C)CCON=O.CC1(C)CN(c2nc(N)ncc2Cl)c2cc(I)ccc21.CC1(C)CN(c2ncncc2Cl)c2cc(I)ccc21. The molecule has 2 aliphatic rings. The van der Waals surface area contributed by atoms with Gasteiger partial charge in [0, 0.05) is 42.4 Å². The number of nitrogens with two attached hydrogens (primary N) is 1. The Morgan fingerprint density at radius 3 is 1.94 bits per heavy atom. The van der Waals surface area contributed by atoms with E-state index in [0.717, 1.165) is 31.0 Å². The first-order valence-corrected chi connectivity index (χ1v) is 17.9. The number of rotatable bonds is 6. The third-order valence-corrected chi connectivity index (χ3v) is 9.68. The lowest BCUT2D eigenvalue weighted by Crippen LogP contribution is -2.26. The van der Waals surface area contributed by atoms with E-state index in [2.05, 4.69) is 163 Å². The van der Waals surface area contributed by atoms with Gasteiger partial charge in [0.25, 0.3) is 0 Å². The summed E-state index contributed by atoms with van der Waals surface area (Å²) in [5.41, 5.74) is 10.8. The average molecular weight is 903 g/mol. The molecule has 0 unspecified atom stereocenters. The summed E-state index contributed by atoms with van der Waals surface area (Å²) in [4.78, 5) is 34.4. The van der Waals surface area contributed by atoms with E-state index in [0.29, 0.717) is 28.4 Å². The minimum atomic E-state index is 0.0444. The van der Waals surface area contributed by atoms with Crippen LogP contribution in [0.4, 0.5) is 29.0 Å². The van der Waals surface area contributed by atoms with Crippen molar-refractivity contribution in [1.29, 1.82) is 0 Å². The molecule has 4 aromatic rings. The first-order chi connectivity index (χ1) is 22.1. The first kappa shape index (κ1) is 37.3. The summed E-state index contributed by atoms with van der Waals surface area (Å²) in [6.07, 6.45) is 5.63. The van der Waals surface area contributed by atoms with Crippen LogP contribution in [-0.2, 0) is 15.7 Å². The molecule has 0 amide bonds. The van der Waals surface area contributed by atoms with Gasteiger partial charge in [-0.05, 0) is 92.9 Å². The fourth-order valence-electron chi connectivity index (χ4n) is 5.50. The molecule has 2 N–H and O–H groups in total. The van der Waals surface area contributed by atoms with Gasteiger partial charge in [-0.3, -0.25) is 0 Å². The molecule has 4 heterocycles. The molecular formula is C33H38Cl2I2N8O2. The van der Waals surface area contributed by atoms with Crippen LogP contribution in [0.2, 0.25) is 10.0 Å². The largest absolute Gasteiger partial charge is 0.368 e. The fourth-order valence-corrected chi connectivity index (χ4v) is 6.85. The second-order valence-corrected chi connectivity index (χ2v) is 16.3. The standard InChI is InChI=1S/C14H14ClIN4.C14H13ClIN3.C5H11NO2/c1-14(2)7-20(11-5-8(16)3-4-9(11)14)12-10(15)6-18-13(17)19-12;1-14(2)7-19(13-11(15)6-17-8-18-13)12-5-9(16)3-4-10(12)14;1-5(2)3-4-8-6-7/h3-6H,7H2,1-2H3,(H2,17,18,19);3-6,8H,7H2,1-2H3;5H,3-4H2,1-2H3. The predicted molar refractivity (Wildman–Crippen MR) is 208 cm³/mol. The fraction of sp³-hybridized carbons (Fsp3) is 0.394. The van der Waals surface area contributed by atoms with E-state index in [-0.39, 0.29) is 16.8 Å². The predicted octanol–water partition coefficient (Wildman–Crippen LogP) is 9.64. The summed E-state index contributed by atoms with van der Waals surface area (Å²) < 4.78 is 2.39. The molecule has 0 saturated heterocycles. The van der Waals surface area contributed by atoms with Crippen molar-refractivity contribution >= 4 is 97.3 Å². The van der Waals surface area contributed by atoms with Gasteiger partial charge >= 0.3 is 0 Å². The van der Waals surface area contributed by atoms with Gasteiger partial charge in [0.2, 0.25) is 5.95 Å². The highest BCUT2D eigenvalue weighted by molar-refractivity contribution is 14.1. The maximum Gasteiger partial charge on any atom is 0.222 e. The summed E-state index contributed by atoms with van der Waals surface area (Å²) in [5, 5.41) is 3.36. The van der Waals surface area contributed by atoms with Gasteiger partial charge in [0.1, 0.15) is 23.0 Å². The summed E-state index contributed by atoms with van der Waals surface area (Å²) in [7, 11) is 0. The summed E-state index contributed by atoms with van der Waals surface area (Å²) in [6.45, 7) is 15.2. The van der Waals surface area contributed by atoms with Gasteiger partial charge in [0.05, 0.1) is 12.4 Å². The molecule has 14 heteroatoms. The molecule has 10 nitrogen and oxygen atoms in total. The number of benzene rings is 2. The highest BCUT2D eigenvalue weighted by Gasteiger charge is 2.38. The Kier molecular flexibility index (Phi) is 12.5. The number of halogens is 4. The zero-order valence-corrected chi connectivity index (χ0v) is 33.0. The molecule has 0 radical (unpaired) electrons. The zero-order chi connectivity index (χ0) is 34.5. The monoisotopic (exact) mass is 902 g/mol. The van der Waals surface area contributed by atoms with Crippen LogP contribution in [0.5, 0.6) is 0 Å². The second-order valence-electron chi connectivity index (χ2n) is 12.9. The van der Waals surface area contributed by atoms with Crippen LogP contribution < -0.4 is 15.5 Å². The van der Waals surface area contributed by atoms with Crippen LogP contribution in [0.15, 0.2) is 60.5 Å². The van der Waals surface area contributed by atoms with Gasteiger partial charge in [-0.15, -0.1) is 4.91 Å². The molecule has 0 saturated carbocycles. The molecular weight excluding hydrogens is 865 g/mol. The molecule has 47 heavy (non-hydrogen) atoms. The third kappa shape index (κ3) is 9.12. The molecule has 0 fully saturated rings. The molecule has 0 aliphatic carbocycles. The summed E-state index contributed by atoms with van der Waals surface area (Å²) in [6, 6.07) is 13.0. The number of aromatic nitrogens is 4. The van der Waals surface area contributed by atoms with Crippen LogP contribution in [-0.4, -0.2) is 39.6 Å². The number of anilines is 5. The molecule has 0 spiro atoms. The third-order valence-electron chi connectivity index (χ3n) is 7.81. The van der Waals surface area contributed by atoms with Crippen LogP contribution in [0.25, 0.3) is 0 Å². The highest BCUT2D eigenvalue weighted by atomic mass is 127. The number of nitrogens with zero attached hydrogens (tertiary/aromatic N) is 7. The maximum absolute atomic E-state index is 9.31. The number of nitrogen functional groups attached to an aromatic ring is 1. The van der Waals surface area contributed by atoms with E-state index >= 15 is 0 Å². The molecule has 2 aromatic heterocycles. The Bertz CT molecular complexity index is 1720. The van der Waals surface area contributed by atoms with Gasteiger partial charge in [-0.1, -0.05) is 76.9 Å². The Balaban J connectivity index is 0.000000174. The lowest BCUT2D eigenvalue weighted by Gasteiger charge is -2.22. The topological polar surface area (TPSA) is 123 Å². The second kappa shape index (κ2) is 15.8. The Labute approximate surface area is 313 Å². The lowest BCUT2D eigenvalue weighted by molar-refractivity contribution is 0.128. The van der Waals surface area contributed by atoms with E-state index in [1.165, 1.54) is 24.0 Å². The van der Waals surface area contributed by atoms with Gasteiger partial charge in [-0.2, -0.15) is 4.98 Å².